The zero-order valence-corrected chi connectivity index (χ0v) is 5.02. The van der Waals surface area contributed by atoms with Gasteiger partial charge in [-0.2, -0.15) is 8.42 Å². The second-order valence-corrected chi connectivity index (χ2v) is 3.23. The van der Waals surface area contributed by atoms with E-state index in [1.54, 1.807) is 0 Å². The van der Waals surface area contributed by atoms with Crippen LogP contribution >= 0.6 is 0 Å². The van der Waals surface area contributed by atoms with Crippen LogP contribution in [0.5, 0.6) is 0 Å². The molecule has 0 amide bonds. The summed E-state index contributed by atoms with van der Waals surface area (Å²) in [4.78, 5) is 10.0. The van der Waals surface area contributed by atoms with E-state index in [1.165, 1.54) is 0 Å². The van der Waals surface area contributed by atoms with Crippen LogP contribution in [0, 0.1) is 0 Å². The Labute approximate surface area is 50.7 Å². The fraction of sp³-hybridized carbons (Fsp3) is 0.667. The summed E-state index contributed by atoms with van der Waals surface area (Å²) < 4.78 is 35.9. The lowest BCUT2D eigenvalue weighted by atomic mass is 10.5. The van der Waals surface area contributed by atoms with E-state index in [0.717, 1.165) is 0 Å². The highest BCUT2D eigenvalue weighted by atomic mass is 32.2. The second kappa shape index (κ2) is 1.66. The maximum atomic E-state index is 12.0. The SMILES string of the molecule is O=C1CC(F)S(=O)(=O)O1. The van der Waals surface area contributed by atoms with Crippen LogP contribution in [0.25, 0.3) is 0 Å². The Bertz CT molecular complexity index is 230. The van der Waals surface area contributed by atoms with Gasteiger partial charge in [-0.1, -0.05) is 0 Å². The van der Waals surface area contributed by atoms with Gasteiger partial charge in [0.05, 0.1) is 6.42 Å². The molecule has 0 saturated carbocycles. The molecule has 1 fully saturated rings. The molecule has 0 aliphatic carbocycles. The Kier molecular flexibility index (Phi) is 1.20. The highest BCUT2D eigenvalue weighted by molar-refractivity contribution is 7.88. The first-order valence-electron chi connectivity index (χ1n) is 2.12. The van der Waals surface area contributed by atoms with Crippen LogP contribution in [0.4, 0.5) is 4.39 Å². The van der Waals surface area contributed by atoms with E-state index in [0.29, 0.717) is 0 Å². The van der Waals surface area contributed by atoms with Crippen LogP contribution in [0.2, 0.25) is 0 Å². The topological polar surface area (TPSA) is 60.4 Å². The molecule has 0 spiro atoms. The third kappa shape index (κ3) is 1.02. The summed E-state index contributed by atoms with van der Waals surface area (Å²) in [5, 5.41) is 0. The fourth-order valence-electron chi connectivity index (χ4n) is 0.449. The van der Waals surface area contributed by atoms with Gasteiger partial charge in [0.25, 0.3) is 0 Å². The van der Waals surface area contributed by atoms with Gasteiger partial charge in [0.1, 0.15) is 0 Å². The molecule has 0 N–H and O–H groups in total. The summed E-state index contributed by atoms with van der Waals surface area (Å²) in [5.41, 5.74) is -2.16. The molecule has 9 heavy (non-hydrogen) atoms. The molecule has 0 aromatic heterocycles. The first kappa shape index (κ1) is 6.47. The summed E-state index contributed by atoms with van der Waals surface area (Å²) in [5.74, 6) is -1.03. The Morgan fingerprint density at radius 1 is 1.67 bits per heavy atom. The molecule has 0 aromatic rings. The Hall–Kier alpha value is -0.650. The Morgan fingerprint density at radius 2 is 2.22 bits per heavy atom. The van der Waals surface area contributed by atoms with E-state index >= 15 is 0 Å². The zero-order chi connectivity index (χ0) is 7.07. The third-order valence-corrected chi connectivity index (χ3v) is 2.06. The molecule has 1 atom stereocenters. The van der Waals surface area contributed by atoms with Crippen LogP contribution < -0.4 is 0 Å². The lowest BCUT2D eigenvalue weighted by Gasteiger charge is -1.89. The summed E-state index contributed by atoms with van der Waals surface area (Å²) >= 11 is 0. The van der Waals surface area contributed by atoms with Gasteiger partial charge in [-0.3, -0.25) is 4.79 Å². The van der Waals surface area contributed by atoms with E-state index < -0.39 is 28.0 Å². The van der Waals surface area contributed by atoms with Crippen molar-refractivity contribution >= 4 is 16.1 Å². The van der Waals surface area contributed by atoms with E-state index in [-0.39, 0.29) is 0 Å². The molecule has 1 saturated heterocycles. The van der Waals surface area contributed by atoms with Gasteiger partial charge in [-0.25, -0.2) is 4.39 Å². The summed E-state index contributed by atoms with van der Waals surface area (Å²) in [7, 11) is -4.19. The highest BCUT2D eigenvalue weighted by Crippen LogP contribution is 2.19. The van der Waals surface area contributed by atoms with Crippen molar-refractivity contribution in [3.63, 3.8) is 0 Å². The Balaban J connectivity index is 2.95. The lowest BCUT2D eigenvalue weighted by molar-refractivity contribution is -0.132. The summed E-state index contributed by atoms with van der Waals surface area (Å²) in [6.45, 7) is 0. The summed E-state index contributed by atoms with van der Waals surface area (Å²) in [6, 6.07) is 0. The minimum atomic E-state index is -4.19. The molecule has 0 radical (unpaired) electrons. The smallest absolute Gasteiger partial charge is 0.343 e. The largest absolute Gasteiger partial charge is 0.345 e. The van der Waals surface area contributed by atoms with Gasteiger partial charge >= 0.3 is 16.1 Å². The van der Waals surface area contributed by atoms with Crippen molar-refractivity contribution in [2.24, 2.45) is 0 Å². The molecule has 52 valence electrons. The molecule has 1 rings (SSSR count). The molecular weight excluding hydrogens is 151 g/mol. The maximum Gasteiger partial charge on any atom is 0.345 e. The van der Waals surface area contributed by atoms with E-state index in [9.17, 15) is 17.6 Å². The van der Waals surface area contributed by atoms with Gasteiger partial charge < -0.3 is 4.18 Å². The van der Waals surface area contributed by atoms with Crippen molar-refractivity contribution in [3.05, 3.63) is 0 Å². The second-order valence-electron chi connectivity index (χ2n) is 1.56. The Morgan fingerprint density at radius 3 is 2.33 bits per heavy atom. The van der Waals surface area contributed by atoms with Crippen LogP contribution in [0.3, 0.4) is 0 Å². The third-order valence-electron chi connectivity index (χ3n) is 0.849. The quantitative estimate of drug-likeness (QED) is 0.444. The first-order valence-corrected chi connectivity index (χ1v) is 3.60. The van der Waals surface area contributed by atoms with Crippen LogP contribution in [0.15, 0.2) is 0 Å². The van der Waals surface area contributed by atoms with Gasteiger partial charge in [0.15, 0.2) is 0 Å². The van der Waals surface area contributed by atoms with Gasteiger partial charge in [-0.15, -0.1) is 0 Å². The van der Waals surface area contributed by atoms with E-state index in [4.69, 9.17) is 0 Å². The number of rotatable bonds is 0. The molecule has 1 unspecified atom stereocenters. The van der Waals surface area contributed by atoms with Crippen molar-refractivity contribution in [2.45, 2.75) is 11.9 Å². The molecule has 6 heteroatoms. The van der Waals surface area contributed by atoms with Crippen molar-refractivity contribution in [2.75, 3.05) is 0 Å². The number of hydrogen-bond acceptors (Lipinski definition) is 4. The van der Waals surface area contributed by atoms with Gasteiger partial charge in [-0.05, 0) is 0 Å². The molecule has 1 aliphatic rings. The number of carbonyl (C=O) groups excluding carboxylic acids is 1. The minimum Gasteiger partial charge on any atom is -0.343 e. The molecule has 0 aromatic carbocycles. The summed E-state index contributed by atoms with van der Waals surface area (Å²) in [6.07, 6.45) is -0.678. The molecule has 0 bridgehead atoms. The molecule has 1 heterocycles. The first-order chi connectivity index (χ1) is 4.02. The fourth-order valence-corrected chi connectivity index (χ4v) is 1.22. The van der Waals surface area contributed by atoms with Crippen LogP contribution in [-0.2, 0) is 19.1 Å². The normalized spacial score (nSPS) is 32.1. The van der Waals surface area contributed by atoms with E-state index in [1.807, 2.05) is 0 Å². The number of carbonyl (C=O) groups is 1. The molecular formula is C3H3FO4S. The average molecular weight is 154 g/mol. The average Bonchev–Trinajstić information content (AvgIpc) is 1.79. The van der Waals surface area contributed by atoms with Crippen molar-refractivity contribution < 1.29 is 21.8 Å². The minimum absolute atomic E-state index is 0.678. The zero-order valence-electron chi connectivity index (χ0n) is 4.20. The van der Waals surface area contributed by atoms with Crippen LogP contribution in [0.1, 0.15) is 6.42 Å². The van der Waals surface area contributed by atoms with Crippen molar-refractivity contribution in [3.8, 4) is 0 Å². The highest BCUT2D eigenvalue weighted by Gasteiger charge is 2.39. The molecule has 1 aliphatic heterocycles. The number of alkyl halides is 1. The number of halogens is 1. The predicted molar refractivity (Wildman–Crippen MR) is 24.5 cm³/mol. The lowest BCUT2D eigenvalue weighted by Crippen LogP contribution is -2.07. The monoisotopic (exact) mass is 154 g/mol. The van der Waals surface area contributed by atoms with Gasteiger partial charge in [0, 0.05) is 0 Å². The molecule has 4 nitrogen and oxygen atoms in total. The van der Waals surface area contributed by atoms with Crippen molar-refractivity contribution in [1.29, 1.82) is 0 Å². The standard InChI is InChI=1S/C3H3FO4S/c4-2-1-3(5)8-9(2,6)7/h2H,1H2. The maximum absolute atomic E-state index is 12.0. The van der Waals surface area contributed by atoms with Crippen molar-refractivity contribution in [1.82, 2.24) is 0 Å². The van der Waals surface area contributed by atoms with Gasteiger partial charge in [0.2, 0.25) is 5.50 Å². The predicted octanol–water partition coefficient (Wildman–Crippen LogP) is -0.441. The van der Waals surface area contributed by atoms with Crippen LogP contribution in [-0.4, -0.2) is 19.9 Å². The number of hydrogen-bond donors (Lipinski definition) is 0. The van der Waals surface area contributed by atoms with E-state index in [2.05, 4.69) is 4.18 Å².